The topological polar surface area (TPSA) is 44.2 Å². The fourth-order valence-corrected chi connectivity index (χ4v) is 1.79. The van der Waals surface area contributed by atoms with Crippen LogP contribution in [-0.4, -0.2) is 29.3 Å². The van der Waals surface area contributed by atoms with Gasteiger partial charge in [-0.15, -0.1) is 0 Å². The van der Waals surface area contributed by atoms with Crippen molar-refractivity contribution >= 4 is 23.2 Å². The molecule has 0 N–H and O–H groups in total. The van der Waals surface area contributed by atoms with Crippen molar-refractivity contribution in [1.29, 1.82) is 0 Å². The third kappa shape index (κ3) is 3.19. The van der Waals surface area contributed by atoms with Gasteiger partial charge in [-0.2, -0.15) is 9.97 Å². The van der Waals surface area contributed by atoms with E-state index in [0.29, 0.717) is 6.61 Å². The summed E-state index contributed by atoms with van der Waals surface area (Å²) in [4.78, 5) is 7.77. The highest BCUT2D eigenvalue weighted by Crippen LogP contribution is 2.17. The number of halogens is 2. The Morgan fingerprint density at radius 2 is 2.13 bits per heavy atom. The molecule has 0 saturated carbocycles. The minimum atomic E-state index is 0.131. The molecule has 6 heteroatoms. The van der Waals surface area contributed by atoms with Gasteiger partial charge >= 0.3 is 6.01 Å². The van der Waals surface area contributed by atoms with Crippen LogP contribution in [0.2, 0.25) is 10.3 Å². The largest absolute Gasteiger partial charge is 0.461 e. The Hall–Kier alpha value is -0.580. The summed E-state index contributed by atoms with van der Waals surface area (Å²) in [7, 11) is 0. The van der Waals surface area contributed by atoms with Gasteiger partial charge < -0.3 is 9.47 Å². The minimum Gasteiger partial charge on any atom is -0.461 e. The van der Waals surface area contributed by atoms with Gasteiger partial charge in [-0.1, -0.05) is 23.2 Å². The molecular formula is C9H10Cl2N2O2. The molecule has 4 nitrogen and oxygen atoms in total. The number of ether oxygens (including phenoxy) is 2. The van der Waals surface area contributed by atoms with E-state index in [4.69, 9.17) is 32.7 Å². The molecule has 1 aromatic heterocycles. The van der Waals surface area contributed by atoms with E-state index in [1.54, 1.807) is 0 Å². The van der Waals surface area contributed by atoms with E-state index in [-0.39, 0.29) is 22.4 Å². The minimum absolute atomic E-state index is 0.131. The zero-order chi connectivity index (χ0) is 10.7. The van der Waals surface area contributed by atoms with E-state index in [9.17, 15) is 0 Å². The maximum absolute atomic E-state index is 5.70. The molecule has 1 aliphatic heterocycles. The van der Waals surface area contributed by atoms with Crippen molar-refractivity contribution < 1.29 is 9.47 Å². The molecule has 0 spiro atoms. The summed E-state index contributed by atoms with van der Waals surface area (Å²) in [5.74, 6) is 0. The van der Waals surface area contributed by atoms with Crippen LogP contribution in [0.4, 0.5) is 0 Å². The van der Waals surface area contributed by atoms with Crippen LogP contribution in [0, 0.1) is 0 Å². The van der Waals surface area contributed by atoms with E-state index in [2.05, 4.69) is 9.97 Å². The molecule has 1 atom stereocenters. The number of hydrogen-bond acceptors (Lipinski definition) is 4. The van der Waals surface area contributed by atoms with E-state index < -0.39 is 0 Å². The van der Waals surface area contributed by atoms with Crippen LogP contribution < -0.4 is 4.74 Å². The molecule has 2 heterocycles. The Morgan fingerprint density at radius 1 is 1.40 bits per heavy atom. The summed E-state index contributed by atoms with van der Waals surface area (Å²) in [5, 5.41) is 0.551. The lowest BCUT2D eigenvalue weighted by Crippen LogP contribution is -2.17. The van der Waals surface area contributed by atoms with Gasteiger partial charge in [0.1, 0.15) is 16.9 Å². The summed E-state index contributed by atoms with van der Waals surface area (Å²) < 4.78 is 10.7. The Labute approximate surface area is 97.5 Å². The van der Waals surface area contributed by atoms with Crippen molar-refractivity contribution in [3.05, 3.63) is 16.4 Å². The number of nitrogens with zero attached hydrogens (tertiary/aromatic N) is 2. The van der Waals surface area contributed by atoms with Crippen LogP contribution in [0.15, 0.2) is 6.07 Å². The fraction of sp³-hybridized carbons (Fsp3) is 0.556. The maximum atomic E-state index is 5.70. The molecule has 82 valence electrons. The van der Waals surface area contributed by atoms with E-state index in [1.807, 2.05) is 0 Å². The Morgan fingerprint density at radius 3 is 2.73 bits per heavy atom. The highest BCUT2D eigenvalue weighted by Gasteiger charge is 2.16. The Kier molecular flexibility index (Phi) is 3.61. The van der Waals surface area contributed by atoms with Gasteiger partial charge in [-0.05, 0) is 12.8 Å². The quantitative estimate of drug-likeness (QED) is 0.771. The van der Waals surface area contributed by atoms with Crippen LogP contribution in [0.3, 0.4) is 0 Å². The standard InChI is InChI=1S/C9H10Cl2N2O2/c10-7-4-8(11)13-9(12-7)15-5-6-2-1-3-14-6/h4,6H,1-3,5H2. The number of hydrogen-bond donors (Lipinski definition) is 0. The van der Waals surface area contributed by atoms with Crippen molar-refractivity contribution in [3.63, 3.8) is 0 Å². The summed E-state index contributed by atoms with van der Waals surface area (Å²) in [6, 6.07) is 1.66. The van der Waals surface area contributed by atoms with Gasteiger partial charge in [0.05, 0.1) is 6.10 Å². The molecule has 1 saturated heterocycles. The third-order valence-electron chi connectivity index (χ3n) is 2.07. The van der Waals surface area contributed by atoms with Crippen LogP contribution in [0.25, 0.3) is 0 Å². The molecule has 0 radical (unpaired) electrons. The lowest BCUT2D eigenvalue weighted by Gasteiger charge is -2.09. The molecule has 15 heavy (non-hydrogen) atoms. The van der Waals surface area contributed by atoms with Gasteiger partial charge in [-0.25, -0.2) is 0 Å². The van der Waals surface area contributed by atoms with Crippen LogP contribution in [-0.2, 0) is 4.74 Å². The lowest BCUT2D eigenvalue weighted by atomic mass is 10.2. The molecule has 0 bridgehead atoms. The fourth-order valence-electron chi connectivity index (χ4n) is 1.38. The highest BCUT2D eigenvalue weighted by molar-refractivity contribution is 6.33. The lowest BCUT2D eigenvalue weighted by molar-refractivity contribution is 0.0645. The van der Waals surface area contributed by atoms with Crippen molar-refractivity contribution in [2.75, 3.05) is 13.2 Å². The zero-order valence-corrected chi connectivity index (χ0v) is 9.46. The molecule has 1 aliphatic rings. The predicted molar refractivity (Wildman–Crippen MR) is 56.5 cm³/mol. The molecule has 1 unspecified atom stereocenters. The molecule has 1 aromatic rings. The van der Waals surface area contributed by atoms with Crippen LogP contribution in [0.5, 0.6) is 6.01 Å². The predicted octanol–water partition coefficient (Wildman–Crippen LogP) is 2.34. The summed E-state index contributed by atoms with van der Waals surface area (Å²) in [5.41, 5.74) is 0. The van der Waals surface area contributed by atoms with Crippen molar-refractivity contribution in [2.45, 2.75) is 18.9 Å². The van der Waals surface area contributed by atoms with Crippen molar-refractivity contribution in [1.82, 2.24) is 9.97 Å². The molecular weight excluding hydrogens is 239 g/mol. The van der Waals surface area contributed by atoms with E-state index in [0.717, 1.165) is 19.4 Å². The first-order chi connectivity index (χ1) is 7.24. The van der Waals surface area contributed by atoms with Crippen molar-refractivity contribution in [2.24, 2.45) is 0 Å². The number of aromatic nitrogens is 2. The first-order valence-electron chi connectivity index (χ1n) is 4.68. The van der Waals surface area contributed by atoms with Gasteiger partial charge in [-0.3, -0.25) is 0 Å². The zero-order valence-electron chi connectivity index (χ0n) is 7.95. The van der Waals surface area contributed by atoms with Gasteiger partial charge in [0, 0.05) is 12.7 Å². The second kappa shape index (κ2) is 4.96. The van der Waals surface area contributed by atoms with Gasteiger partial charge in [0.15, 0.2) is 0 Å². The molecule has 0 aliphatic carbocycles. The average molecular weight is 249 g/mol. The summed E-state index contributed by atoms with van der Waals surface area (Å²) in [6.07, 6.45) is 2.21. The summed E-state index contributed by atoms with van der Waals surface area (Å²) in [6.45, 7) is 1.24. The molecule has 1 fully saturated rings. The Balaban J connectivity index is 1.92. The monoisotopic (exact) mass is 248 g/mol. The van der Waals surface area contributed by atoms with E-state index in [1.165, 1.54) is 6.07 Å². The van der Waals surface area contributed by atoms with Gasteiger partial charge in [0.25, 0.3) is 0 Å². The van der Waals surface area contributed by atoms with Crippen LogP contribution >= 0.6 is 23.2 Å². The third-order valence-corrected chi connectivity index (χ3v) is 2.45. The highest BCUT2D eigenvalue weighted by atomic mass is 35.5. The first-order valence-corrected chi connectivity index (χ1v) is 5.44. The molecule has 2 rings (SSSR count). The molecule has 0 aromatic carbocycles. The van der Waals surface area contributed by atoms with E-state index >= 15 is 0 Å². The summed E-state index contributed by atoms with van der Waals surface area (Å²) >= 11 is 11.4. The first kappa shape index (κ1) is 10.9. The Bertz CT molecular complexity index is 323. The molecule has 0 amide bonds. The second-order valence-corrected chi connectivity index (χ2v) is 4.02. The second-order valence-electron chi connectivity index (χ2n) is 3.24. The smallest absolute Gasteiger partial charge is 0.319 e. The normalized spacial score (nSPS) is 20.5. The average Bonchev–Trinajstić information content (AvgIpc) is 2.65. The number of rotatable bonds is 3. The maximum Gasteiger partial charge on any atom is 0.319 e. The SMILES string of the molecule is Clc1cc(Cl)nc(OCC2CCCO2)n1. The van der Waals surface area contributed by atoms with Gasteiger partial charge in [0.2, 0.25) is 0 Å². The van der Waals surface area contributed by atoms with Crippen LogP contribution in [0.1, 0.15) is 12.8 Å². The van der Waals surface area contributed by atoms with Crippen molar-refractivity contribution in [3.8, 4) is 6.01 Å².